The number of ketones is 1. The van der Waals surface area contributed by atoms with Crippen LogP contribution in [-0.4, -0.2) is 27.5 Å². The van der Waals surface area contributed by atoms with Crippen LogP contribution in [0.4, 0.5) is 23.4 Å². The Bertz CT molecular complexity index is 1620. The van der Waals surface area contributed by atoms with E-state index < -0.39 is 35.2 Å². The van der Waals surface area contributed by atoms with Crippen LogP contribution in [0.15, 0.2) is 78.9 Å². The summed E-state index contributed by atoms with van der Waals surface area (Å²) in [6.07, 6.45) is -2.37. The van der Waals surface area contributed by atoms with Gasteiger partial charge < -0.3 is 0 Å². The molecule has 1 aliphatic carbocycles. The minimum absolute atomic E-state index is 0. The fourth-order valence-corrected chi connectivity index (χ4v) is 5.96. The molecule has 0 N–H and O–H groups in total. The van der Waals surface area contributed by atoms with E-state index in [0.717, 1.165) is 42.6 Å². The molecular weight excluding hydrogens is 598 g/mol. The summed E-state index contributed by atoms with van der Waals surface area (Å²) in [6, 6.07) is 19.4. The van der Waals surface area contributed by atoms with Gasteiger partial charge in [-0.2, -0.15) is 45.3 Å². The van der Waals surface area contributed by atoms with Gasteiger partial charge in [-0.25, -0.2) is 9.07 Å². The lowest BCUT2D eigenvalue weighted by Crippen LogP contribution is -2.52. The molecule has 1 aromatic heterocycles. The number of halogens is 4. The van der Waals surface area contributed by atoms with Crippen molar-refractivity contribution in [3.8, 4) is 5.69 Å². The van der Waals surface area contributed by atoms with Crippen molar-refractivity contribution in [2.45, 2.75) is 50.7 Å². The molecule has 0 radical (unpaired) electrons. The molecule has 1 amide bonds. The molecule has 1 aliphatic heterocycles. The normalized spacial score (nSPS) is 18.3. The topological polar surface area (TPSA) is 55.2 Å². The smallest absolute Gasteiger partial charge is 0.294 e. The van der Waals surface area contributed by atoms with Crippen LogP contribution < -0.4 is 4.90 Å². The summed E-state index contributed by atoms with van der Waals surface area (Å²) in [5.74, 6) is -2.23. The third-order valence-corrected chi connectivity index (χ3v) is 8.16. The summed E-state index contributed by atoms with van der Waals surface area (Å²) in [6.45, 7) is 1.84. The molecule has 2 atom stereocenters. The van der Waals surface area contributed by atoms with Crippen LogP contribution in [0.5, 0.6) is 0 Å². The van der Waals surface area contributed by atoms with Crippen LogP contribution >= 0.6 is 27.0 Å². The van der Waals surface area contributed by atoms with Crippen LogP contribution in [-0.2, 0) is 11.0 Å². The maximum atomic E-state index is 14.4. The van der Waals surface area contributed by atoms with Gasteiger partial charge in [0, 0.05) is 29.5 Å². The molecule has 6 rings (SSSR count). The number of para-hydroxylation sites is 1. The largest absolute Gasteiger partial charge is 0.416 e. The molecular formula is C32H31F4N3O2S2. The number of amides is 1. The van der Waals surface area contributed by atoms with E-state index in [1.165, 1.54) is 24.3 Å². The Balaban J connectivity index is 0.00000212. The molecule has 43 heavy (non-hydrogen) atoms. The number of Topliss-reactive ketones (excluding diaryl/α,β-unsaturated/α-hetero) is 1. The molecule has 0 spiro atoms. The zero-order valence-corrected chi connectivity index (χ0v) is 25.2. The van der Waals surface area contributed by atoms with E-state index in [9.17, 15) is 27.2 Å². The van der Waals surface area contributed by atoms with Crippen molar-refractivity contribution in [2.75, 3.05) is 4.90 Å². The van der Waals surface area contributed by atoms with Gasteiger partial charge in [0.1, 0.15) is 11.6 Å². The Morgan fingerprint density at radius 2 is 1.63 bits per heavy atom. The molecule has 2 aliphatic rings. The van der Waals surface area contributed by atoms with Gasteiger partial charge in [0.2, 0.25) is 5.91 Å². The van der Waals surface area contributed by atoms with Crippen LogP contribution in [0.3, 0.4) is 0 Å². The van der Waals surface area contributed by atoms with Gasteiger partial charge in [0.25, 0.3) is 0 Å². The fourth-order valence-electron chi connectivity index (χ4n) is 5.96. The SMILES string of the molecule is Cc1nn(-c2ccccc2)c2c1[C@H](c1ccc(F)cc1)[C@H](CC(=O)c1cccc(C(F)(F)F)c1)C(=O)N2C1CCC1.S.S. The first kappa shape index (κ1) is 32.3. The molecule has 226 valence electrons. The van der Waals surface area contributed by atoms with Gasteiger partial charge in [-0.05, 0) is 68.1 Å². The molecule has 4 aromatic rings. The summed E-state index contributed by atoms with van der Waals surface area (Å²) < 4.78 is 55.9. The number of aromatic nitrogens is 2. The van der Waals surface area contributed by atoms with Crippen molar-refractivity contribution in [1.82, 2.24) is 9.78 Å². The molecule has 2 heterocycles. The molecule has 3 aromatic carbocycles. The van der Waals surface area contributed by atoms with Crippen molar-refractivity contribution in [3.05, 3.63) is 113 Å². The Morgan fingerprint density at radius 1 is 0.953 bits per heavy atom. The van der Waals surface area contributed by atoms with Crippen LogP contribution in [0.2, 0.25) is 0 Å². The number of carbonyl (C=O) groups is 2. The predicted molar refractivity (Wildman–Crippen MR) is 166 cm³/mol. The first-order valence-electron chi connectivity index (χ1n) is 13.6. The zero-order chi connectivity index (χ0) is 28.9. The summed E-state index contributed by atoms with van der Waals surface area (Å²) in [4.78, 5) is 29.7. The Hall–Kier alpha value is -3.57. The fraction of sp³-hybridized carbons (Fsp3) is 0.281. The molecule has 1 saturated carbocycles. The number of carbonyl (C=O) groups excluding carboxylic acids is 2. The van der Waals surface area contributed by atoms with Crippen molar-refractivity contribution in [1.29, 1.82) is 0 Å². The summed E-state index contributed by atoms with van der Waals surface area (Å²) in [5, 5.41) is 4.83. The maximum Gasteiger partial charge on any atom is 0.416 e. The molecule has 1 fully saturated rings. The van der Waals surface area contributed by atoms with Crippen molar-refractivity contribution < 1.29 is 27.2 Å². The highest BCUT2D eigenvalue weighted by Crippen LogP contribution is 2.49. The Labute approximate surface area is 260 Å². The van der Waals surface area contributed by atoms with Gasteiger partial charge >= 0.3 is 6.18 Å². The van der Waals surface area contributed by atoms with Gasteiger partial charge in [0.05, 0.1) is 22.9 Å². The van der Waals surface area contributed by atoms with Gasteiger partial charge in [-0.1, -0.05) is 42.5 Å². The highest BCUT2D eigenvalue weighted by Gasteiger charge is 2.48. The number of benzene rings is 3. The van der Waals surface area contributed by atoms with Crippen molar-refractivity contribution in [3.63, 3.8) is 0 Å². The van der Waals surface area contributed by atoms with Crippen LogP contribution in [0.1, 0.15) is 64.3 Å². The highest BCUT2D eigenvalue weighted by molar-refractivity contribution is 7.59. The quantitative estimate of drug-likeness (QED) is 0.164. The second-order valence-electron chi connectivity index (χ2n) is 10.7. The minimum atomic E-state index is -4.60. The number of hydrogen-bond donors (Lipinski definition) is 0. The summed E-state index contributed by atoms with van der Waals surface area (Å²) >= 11 is 0. The predicted octanol–water partition coefficient (Wildman–Crippen LogP) is 7.48. The van der Waals surface area contributed by atoms with Crippen LogP contribution in [0.25, 0.3) is 5.69 Å². The second kappa shape index (κ2) is 12.6. The molecule has 0 bridgehead atoms. The van der Waals surface area contributed by atoms with E-state index in [4.69, 9.17) is 5.10 Å². The average molecular weight is 630 g/mol. The third kappa shape index (κ3) is 5.97. The average Bonchev–Trinajstić information content (AvgIpc) is 3.27. The lowest BCUT2D eigenvalue weighted by atomic mass is 9.73. The second-order valence-corrected chi connectivity index (χ2v) is 10.7. The molecule has 11 heteroatoms. The van der Waals surface area contributed by atoms with Crippen molar-refractivity contribution in [2.24, 2.45) is 5.92 Å². The number of hydrogen-bond acceptors (Lipinski definition) is 3. The molecule has 5 nitrogen and oxygen atoms in total. The lowest BCUT2D eigenvalue weighted by Gasteiger charge is -2.45. The number of alkyl halides is 3. The monoisotopic (exact) mass is 629 g/mol. The Morgan fingerprint density at radius 3 is 2.23 bits per heavy atom. The van der Waals surface area contributed by atoms with Gasteiger partial charge in [-0.3, -0.25) is 14.5 Å². The van der Waals surface area contributed by atoms with E-state index in [-0.39, 0.29) is 50.9 Å². The molecule has 0 saturated heterocycles. The van der Waals surface area contributed by atoms with E-state index in [1.54, 1.807) is 21.7 Å². The first-order chi connectivity index (χ1) is 19.6. The zero-order valence-electron chi connectivity index (χ0n) is 23.2. The molecule has 0 unspecified atom stereocenters. The van der Waals surface area contributed by atoms with E-state index in [1.807, 2.05) is 37.3 Å². The lowest BCUT2D eigenvalue weighted by molar-refractivity contribution is -0.137. The first-order valence-corrected chi connectivity index (χ1v) is 13.6. The highest BCUT2D eigenvalue weighted by atomic mass is 32.1. The number of nitrogens with zero attached hydrogens (tertiary/aromatic N) is 3. The number of anilines is 1. The minimum Gasteiger partial charge on any atom is -0.294 e. The number of fused-ring (bicyclic) bond motifs is 1. The summed E-state index contributed by atoms with van der Waals surface area (Å²) in [5.41, 5.74) is 1.78. The van der Waals surface area contributed by atoms with E-state index in [2.05, 4.69) is 0 Å². The number of aryl methyl sites for hydroxylation is 1. The van der Waals surface area contributed by atoms with E-state index >= 15 is 0 Å². The van der Waals surface area contributed by atoms with Crippen molar-refractivity contribution >= 4 is 44.5 Å². The number of rotatable bonds is 6. The van der Waals surface area contributed by atoms with Gasteiger partial charge in [0.15, 0.2) is 5.78 Å². The summed E-state index contributed by atoms with van der Waals surface area (Å²) in [7, 11) is 0. The Kier molecular flexibility index (Phi) is 9.46. The standard InChI is InChI=1S/C32H27F4N3O2.2H2S/c1-19-28-29(20-13-15-23(33)16-14-20)26(18-27(40)21-7-5-8-22(17-21)32(34,35)36)31(41)38(24-11-6-12-24)30(28)39(37-19)25-9-3-2-4-10-25;;/h2-5,7-10,13-17,24,26,29H,6,11-12,18H2,1H3;2*1H2/t26-,29+;;/m0../s1. The maximum absolute atomic E-state index is 14.4. The van der Waals surface area contributed by atoms with Crippen LogP contribution in [0, 0.1) is 18.7 Å². The van der Waals surface area contributed by atoms with E-state index in [0.29, 0.717) is 17.1 Å². The third-order valence-electron chi connectivity index (χ3n) is 8.16. The van der Waals surface area contributed by atoms with Gasteiger partial charge in [-0.15, -0.1) is 0 Å².